The molecule has 0 aliphatic carbocycles. The van der Waals surface area contributed by atoms with Gasteiger partial charge in [0, 0.05) is 26.1 Å². The van der Waals surface area contributed by atoms with E-state index in [4.69, 9.17) is 4.74 Å². The van der Waals surface area contributed by atoms with Gasteiger partial charge in [0.15, 0.2) is 0 Å². The van der Waals surface area contributed by atoms with Gasteiger partial charge in [0.1, 0.15) is 6.04 Å². The number of rotatable bonds is 5. The van der Waals surface area contributed by atoms with Gasteiger partial charge in [-0.3, -0.25) is 9.69 Å². The molecule has 1 saturated heterocycles. The fourth-order valence-electron chi connectivity index (χ4n) is 2.22. The third kappa shape index (κ3) is 4.27. The first kappa shape index (κ1) is 14.9. The second-order valence-electron chi connectivity index (χ2n) is 4.94. The van der Waals surface area contributed by atoms with E-state index in [0.29, 0.717) is 12.6 Å². The van der Waals surface area contributed by atoms with Crippen LogP contribution in [0.15, 0.2) is 0 Å². The second-order valence-corrected chi connectivity index (χ2v) is 4.94. The van der Waals surface area contributed by atoms with Gasteiger partial charge in [-0.25, -0.2) is 4.79 Å². The van der Waals surface area contributed by atoms with Crippen molar-refractivity contribution in [3.8, 4) is 0 Å². The minimum Gasteiger partial charge on any atom is -0.467 e. The zero-order valence-corrected chi connectivity index (χ0v) is 11.6. The molecule has 1 fully saturated rings. The van der Waals surface area contributed by atoms with Crippen LogP contribution in [0.25, 0.3) is 0 Å². The number of ether oxygens (including phenoxy) is 1. The number of nitrogens with one attached hydrogen (secondary N) is 1. The molecule has 1 aliphatic heterocycles. The summed E-state index contributed by atoms with van der Waals surface area (Å²) in [6.45, 7) is 3.77. The van der Waals surface area contributed by atoms with Gasteiger partial charge in [0.05, 0.1) is 7.11 Å². The summed E-state index contributed by atoms with van der Waals surface area (Å²) >= 11 is 0. The Morgan fingerprint density at radius 3 is 2.61 bits per heavy atom. The molecule has 104 valence electrons. The van der Waals surface area contributed by atoms with E-state index in [2.05, 4.69) is 29.2 Å². The molecule has 0 bridgehead atoms. The summed E-state index contributed by atoms with van der Waals surface area (Å²) in [5, 5.41) is 2.63. The SMILES string of the molecule is COC(=O)C(CN1CCC(N(C)C)C1)NC(C)=O. The molecule has 6 heteroatoms. The van der Waals surface area contributed by atoms with Crippen LogP contribution in [0.5, 0.6) is 0 Å². The van der Waals surface area contributed by atoms with Crippen LogP contribution >= 0.6 is 0 Å². The number of carbonyl (C=O) groups excluding carboxylic acids is 2. The third-order valence-corrected chi connectivity index (χ3v) is 3.28. The van der Waals surface area contributed by atoms with Gasteiger partial charge >= 0.3 is 5.97 Å². The average Bonchev–Trinajstić information content (AvgIpc) is 2.75. The smallest absolute Gasteiger partial charge is 0.329 e. The van der Waals surface area contributed by atoms with Crippen molar-refractivity contribution in [3.05, 3.63) is 0 Å². The lowest BCUT2D eigenvalue weighted by Crippen LogP contribution is -2.48. The maximum Gasteiger partial charge on any atom is 0.329 e. The van der Waals surface area contributed by atoms with Crippen LogP contribution in [-0.4, -0.2) is 74.6 Å². The lowest BCUT2D eigenvalue weighted by molar-refractivity contribution is -0.145. The number of esters is 1. The van der Waals surface area contributed by atoms with Crippen molar-refractivity contribution in [2.45, 2.75) is 25.4 Å². The molecule has 0 aromatic heterocycles. The quantitative estimate of drug-likeness (QED) is 0.660. The van der Waals surface area contributed by atoms with E-state index in [9.17, 15) is 9.59 Å². The van der Waals surface area contributed by atoms with Crippen molar-refractivity contribution >= 4 is 11.9 Å². The van der Waals surface area contributed by atoms with Crippen LogP contribution in [0.4, 0.5) is 0 Å². The molecule has 0 aromatic carbocycles. The van der Waals surface area contributed by atoms with Gasteiger partial charge in [-0.1, -0.05) is 0 Å². The summed E-state index contributed by atoms with van der Waals surface area (Å²) < 4.78 is 4.71. The number of nitrogens with zero attached hydrogens (tertiary/aromatic N) is 2. The molecule has 2 unspecified atom stereocenters. The second kappa shape index (κ2) is 6.70. The fraction of sp³-hybridized carbons (Fsp3) is 0.833. The van der Waals surface area contributed by atoms with Crippen molar-refractivity contribution in [1.29, 1.82) is 0 Å². The number of hydrogen-bond donors (Lipinski definition) is 1. The lowest BCUT2D eigenvalue weighted by atomic mass is 10.2. The van der Waals surface area contributed by atoms with E-state index in [1.54, 1.807) is 0 Å². The van der Waals surface area contributed by atoms with Gasteiger partial charge in [0.25, 0.3) is 0 Å². The van der Waals surface area contributed by atoms with E-state index in [-0.39, 0.29) is 5.91 Å². The minimum absolute atomic E-state index is 0.214. The summed E-state index contributed by atoms with van der Waals surface area (Å²) in [7, 11) is 5.45. The number of amides is 1. The number of likely N-dealkylation sites (N-methyl/N-ethyl adjacent to an activating group) is 1. The molecule has 1 amide bonds. The Kier molecular flexibility index (Phi) is 5.55. The summed E-state index contributed by atoms with van der Waals surface area (Å²) in [5.41, 5.74) is 0. The molecular weight excluding hydrogens is 234 g/mol. The van der Waals surface area contributed by atoms with Crippen molar-refractivity contribution < 1.29 is 14.3 Å². The highest BCUT2D eigenvalue weighted by molar-refractivity contribution is 5.83. The highest BCUT2D eigenvalue weighted by Crippen LogP contribution is 2.13. The molecule has 1 rings (SSSR count). The fourth-order valence-corrected chi connectivity index (χ4v) is 2.22. The van der Waals surface area contributed by atoms with Gasteiger partial charge in [-0.05, 0) is 27.1 Å². The van der Waals surface area contributed by atoms with E-state index in [1.807, 2.05) is 0 Å². The highest BCUT2D eigenvalue weighted by atomic mass is 16.5. The Bertz CT molecular complexity index is 307. The van der Waals surface area contributed by atoms with Crippen LogP contribution in [0, 0.1) is 0 Å². The Morgan fingerprint density at radius 2 is 2.17 bits per heavy atom. The molecule has 1 N–H and O–H groups in total. The lowest BCUT2D eigenvalue weighted by Gasteiger charge is -2.24. The standard InChI is InChI=1S/C12H23N3O3/c1-9(16)13-11(12(17)18-4)8-15-6-5-10(7-15)14(2)3/h10-11H,5-8H2,1-4H3,(H,13,16). The summed E-state index contributed by atoms with van der Waals surface area (Å²) in [6.07, 6.45) is 1.08. The molecule has 1 aliphatic rings. The van der Waals surface area contributed by atoms with Crippen LogP contribution in [0.3, 0.4) is 0 Å². The van der Waals surface area contributed by atoms with Crippen molar-refractivity contribution in [1.82, 2.24) is 15.1 Å². The monoisotopic (exact) mass is 257 g/mol. The van der Waals surface area contributed by atoms with Gasteiger partial charge in [0.2, 0.25) is 5.91 Å². The molecule has 0 radical (unpaired) electrons. The molecule has 1 heterocycles. The first-order valence-electron chi connectivity index (χ1n) is 6.17. The van der Waals surface area contributed by atoms with E-state index < -0.39 is 12.0 Å². The van der Waals surface area contributed by atoms with Crippen LogP contribution in [-0.2, 0) is 14.3 Å². The number of methoxy groups -OCH3 is 1. The summed E-state index contributed by atoms with van der Waals surface area (Å²) in [6, 6.07) is -0.0611. The number of hydrogen-bond acceptors (Lipinski definition) is 5. The largest absolute Gasteiger partial charge is 0.467 e. The van der Waals surface area contributed by atoms with Gasteiger partial charge in [-0.2, -0.15) is 0 Å². The maximum absolute atomic E-state index is 11.6. The normalized spacial score (nSPS) is 21.9. The predicted molar refractivity (Wildman–Crippen MR) is 68.2 cm³/mol. The van der Waals surface area contributed by atoms with E-state index >= 15 is 0 Å². The molecular formula is C12H23N3O3. The van der Waals surface area contributed by atoms with Crippen LogP contribution < -0.4 is 5.32 Å². The average molecular weight is 257 g/mol. The van der Waals surface area contributed by atoms with Crippen molar-refractivity contribution in [2.75, 3.05) is 40.8 Å². The Morgan fingerprint density at radius 1 is 1.50 bits per heavy atom. The maximum atomic E-state index is 11.6. The summed E-state index contributed by atoms with van der Waals surface area (Å²) in [4.78, 5) is 27.0. The van der Waals surface area contributed by atoms with E-state index in [0.717, 1.165) is 19.5 Å². The predicted octanol–water partition coefficient (Wildman–Crippen LogP) is -0.700. The minimum atomic E-state index is -0.576. The topological polar surface area (TPSA) is 61.9 Å². The zero-order valence-electron chi connectivity index (χ0n) is 11.6. The van der Waals surface area contributed by atoms with E-state index in [1.165, 1.54) is 14.0 Å². The third-order valence-electron chi connectivity index (χ3n) is 3.28. The first-order valence-corrected chi connectivity index (χ1v) is 6.17. The molecule has 0 aromatic rings. The van der Waals surface area contributed by atoms with Crippen LogP contribution in [0.2, 0.25) is 0 Å². The van der Waals surface area contributed by atoms with Crippen molar-refractivity contribution in [3.63, 3.8) is 0 Å². The Balaban J connectivity index is 2.51. The van der Waals surface area contributed by atoms with Crippen LogP contribution in [0.1, 0.15) is 13.3 Å². The molecule has 6 nitrogen and oxygen atoms in total. The van der Waals surface area contributed by atoms with Crippen molar-refractivity contribution in [2.24, 2.45) is 0 Å². The molecule has 18 heavy (non-hydrogen) atoms. The Labute approximate surface area is 108 Å². The number of likely N-dealkylation sites (tertiary alicyclic amines) is 1. The first-order chi connectivity index (χ1) is 8.43. The molecule has 2 atom stereocenters. The van der Waals surface area contributed by atoms with Gasteiger partial charge < -0.3 is 15.0 Å². The molecule has 0 spiro atoms. The Hall–Kier alpha value is -1.14. The zero-order chi connectivity index (χ0) is 13.7. The summed E-state index contributed by atoms with van der Waals surface area (Å²) in [5.74, 6) is -0.604. The van der Waals surface area contributed by atoms with Gasteiger partial charge in [-0.15, -0.1) is 0 Å². The highest BCUT2D eigenvalue weighted by Gasteiger charge is 2.29. The number of carbonyl (C=O) groups is 2. The molecule has 0 saturated carbocycles.